The molecule has 0 N–H and O–H groups in total. The van der Waals surface area contributed by atoms with Crippen LogP contribution in [-0.2, 0) is 0 Å². The number of rotatable bonds is 1. The smallest absolute Gasteiger partial charge is 0.146 e. The van der Waals surface area contributed by atoms with Gasteiger partial charge < -0.3 is 0 Å². The van der Waals surface area contributed by atoms with E-state index in [4.69, 9.17) is 11.6 Å². The molecule has 1 aromatic rings. The van der Waals surface area contributed by atoms with Crippen molar-refractivity contribution in [2.24, 2.45) is 0 Å². The van der Waals surface area contributed by atoms with E-state index in [9.17, 15) is 0 Å². The normalized spacial score (nSPS) is 16.9. The highest BCUT2D eigenvalue weighted by atomic mass is 79.9. The molecular weight excluding hydrogens is 227 g/mol. The van der Waals surface area contributed by atoms with Gasteiger partial charge in [-0.15, -0.1) is 0 Å². The lowest BCUT2D eigenvalue weighted by Crippen LogP contribution is -1.90. The van der Waals surface area contributed by atoms with Gasteiger partial charge in [-0.25, -0.2) is 9.97 Å². The van der Waals surface area contributed by atoms with Crippen LogP contribution in [0.5, 0.6) is 0 Å². The average Bonchev–Trinajstić information content (AvgIpc) is 2.77. The highest BCUT2D eigenvalue weighted by Crippen LogP contribution is 2.43. The molecule has 0 bridgehead atoms. The first-order valence-electron chi connectivity index (χ1n) is 3.45. The van der Waals surface area contributed by atoms with Crippen LogP contribution in [0, 0.1) is 0 Å². The zero-order chi connectivity index (χ0) is 7.84. The third kappa shape index (κ3) is 1.40. The fraction of sp³-hybridized carbons (Fsp3) is 0.429. The van der Waals surface area contributed by atoms with E-state index >= 15 is 0 Å². The highest BCUT2D eigenvalue weighted by Gasteiger charge is 2.27. The van der Waals surface area contributed by atoms with E-state index in [2.05, 4.69) is 25.9 Å². The lowest BCUT2D eigenvalue weighted by Gasteiger charge is -2.00. The van der Waals surface area contributed by atoms with Crippen LogP contribution in [0.25, 0.3) is 0 Å². The molecule has 1 aliphatic carbocycles. The summed E-state index contributed by atoms with van der Waals surface area (Å²) in [5.74, 6) is 0.616. The van der Waals surface area contributed by atoms with E-state index < -0.39 is 0 Å². The average molecular weight is 233 g/mol. The van der Waals surface area contributed by atoms with Crippen molar-refractivity contribution in [1.29, 1.82) is 0 Å². The quantitative estimate of drug-likeness (QED) is 0.697. The van der Waals surface area contributed by atoms with E-state index in [0.717, 1.165) is 10.2 Å². The molecule has 0 atom stereocenters. The molecule has 0 aromatic carbocycles. The Morgan fingerprint density at radius 1 is 1.45 bits per heavy atom. The molecule has 0 radical (unpaired) electrons. The molecule has 0 unspecified atom stereocenters. The summed E-state index contributed by atoms with van der Waals surface area (Å²) in [6, 6.07) is 0. The standard InChI is InChI=1S/C7H6BrClN2/c8-5-6(4-1-2-4)10-3-11-7(5)9/h3-4H,1-2H2. The van der Waals surface area contributed by atoms with E-state index in [-0.39, 0.29) is 0 Å². The molecular formula is C7H6BrClN2. The Kier molecular flexibility index (Phi) is 1.85. The molecule has 1 saturated carbocycles. The van der Waals surface area contributed by atoms with E-state index in [0.29, 0.717) is 11.1 Å². The lowest BCUT2D eigenvalue weighted by molar-refractivity contribution is 0.973. The zero-order valence-electron chi connectivity index (χ0n) is 5.72. The van der Waals surface area contributed by atoms with Gasteiger partial charge in [0.1, 0.15) is 11.5 Å². The maximum absolute atomic E-state index is 5.79. The number of nitrogens with zero attached hydrogens (tertiary/aromatic N) is 2. The van der Waals surface area contributed by atoms with Gasteiger partial charge in [0.2, 0.25) is 0 Å². The van der Waals surface area contributed by atoms with Gasteiger partial charge in [0, 0.05) is 5.92 Å². The third-order valence-corrected chi connectivity index (χ3v) is 3.03. The molecule has 11 heavy (non-hydrogen) atoms. The monoisotopic (exact) mass is 232 g/mol. The molecule has 1 aliphatic rings. The summed E-state index contributed by atoms with van der Waals surface area (Å²) >= 11 is 9.15. The largest absolute Gasteiger partial charge is 0.240 e. The first-order valence-corrected chi connectivity index (χ1v) is 4.62. The van der Waals surface area contributed by atoms with Gasteiger partial charge in [-0.1, -0.05) is 11.6 Å². The fourth-order valence-corrected chi connectivity index (χ4v) is 1.67. The topological polar surface area (TPSA) is 25.8 Å². The molecule has 2 rings (SSSR count). The molecule has 0 saturated heterocycles. The molecule has 4 heteroatoms. The SMILES string of the molecule is Clc1ncnc(C2CC2)c1Br. The van der Waals surface area contributed by atoms with Crippen LogP contribution in [0.2, 0.25) is 5.15 Å². The lowest BCUT2D eigenvalue weighted by atomic mass is 10.3. The van der Waals surface area contributed by atoms with Gasteiger partial charge in [-0.2, -0.15) is 0 Å². The van der Waals surface area contributed by atoms with Gasteiger partial charge in [-0.3, -0.25) is 0 Å². The van der Waals surface area contributed by atoms with Crippen molar-refractivity contribution in [3.8, 4) is 0 Å². The Hall–Kier alpha value is -0.150. The van der Waals surface area contributed by atoms with Crippen molar-refractivity contribution in [2.45, 2.75) is 18.8 Å². The minimum absolute atomic E-state index is 0.516. The van der Waals surface area contributed by atoms with Gasteiger partial charge in [0.05, 0.1) is 10.2 Å². The summed E-state index contributed by atoms with van der Waals surface area (Å²) in [7, 11) is 0. The van der Waals surface area contributed by atoms with Crippen LogP contribution >= 0.6 is 27.5 Å². The van der Waals surface area contributed by atoms with Gasteiger partial charge in [0.15, 0.2) is 0 Å². The number of aromatic nitrogens is 2. The summed E-state index contributed by atoms with van der Waals surface area (Å²) in [6.07, 6.45) is 3.97. The zero-order valence-corrected chi connectivity index (χ0v) is 8.06. The Balaban J connectivity index is 2.45. The summed E-state index contributed by atoms with van der Waals surface area (Å²) < 4.78 is 0.865. The van der Waals surface area contributed by atoms with Crippen molar-refractivity contribution in [1.82, 2.24) is 9.97 Å². The van der Waals surface area contributed by atoms with Gasteiger partial charge in [-0.05, 0) is 28.8 Å². The van der Waals surface area contributed by atoms with Crippen molar-refractivity contribution < 1.29 is 0 Å². The molecule has 58 valence electrons. The maximum Gasteiger partial charge on any atom is 0.146 e. The molecule has 1 fully saturated rings. The highest BCUT2D eigenvalue weighted by molar-refractivity contribution is 9.10. The van der Waals surface area contributed by atoms with Crippen molar-refractivity contribution in [3.63, 3.8) is 0 Å². The van der Waals surface area contributed by atoms with E-state index in [1.54, 1.807) is 0 Å². The van der Waals surface area contributed by atoms with Crippen LogP contribution in [0.4, 0.5) is 0 Å². The van der Waals surface area contributed by atoms with Crippen LogP contribution in [0.15, 0.2) is 10.8 Å². The maximum atomic E-state index is 5.79. The second-order valence-corrected chi connectivity index (χ2v) is 3.79. The Labute approximate surface area is 78.1 Å². The molecule has 0 spiro atoms. The second-order valence-electron chi connectivity index (χ2n) is 2.64. The third-order valence-electron chi connectivity index (χ3n) is 1.74. The van der Waals surface area contributed by atoms with E-state index in [1.807, 2.05) is 0 Å². The predicted molar refractivity (Wildman–Crippen MR) is 46.7 cm³/mol. The fourth-order valence-electron chi connectivity index (χ4n) is 1.00. The van der Waals surface area contributed by atoms with Crippen LogP contribution < -0.4 is 0 Å². The van der Waals surface area contributed by atoms with Crippen LogP contribution in [0.1, 0.15) is 24.5 Å². The summed E-state index contributed by atoms with van der Waals surface area (Å²) in [4.78, 5) is 8.02. The van der Waals surface area contributed by atoms with Crippen molar-refractivity contribution in [2.75, 3.05) is 0 Å². The molecule has 2 nitrogen and oxygen atoms in total. The van der Waals surface area contributed by atoms with Gasteiger partial charge >= 0.3 is 0 Å². The minimum Gasteiger partial charge on any atom is -0.240 e. The molecule has 0 aliphatic heterocycles. The Morgan fingerprint density at radius 2 is 2.18 bits per heavy atom. The van der Waals surface area contributed by atoms with Crippen LogP contribution in [0.3, 0.4) is 0 Å². The Morgan fingerprint density at radius 3 is 2.82 bits per heavy atom. The summed E-state index contributed by atoms with van der Waals surface area (Å²) in [6.45, 7) is 0. The second kappa shape index (κ2) is 2.72. The molecule has 1 heterocycles. The molecule has 0 amide bonds. The number of hydrogen-bond acceptors (Lipinski definition) is 2. The number of hydrogen-bond donors (Lipinski definition) is 0. The summed E-state index contributed by atoms with van der Waals surface area (Å²) in [5.41, 5.74) is 1.06. The predicted octanol–water partition coefficient (Wildman–Crippen LogP) is 2.77. The first kappa shape index (κ1) is 7.50. The Bertz CT molecular complexity index is 286. The van der Waals surface area contributed by atoms with E-state index in [1.165, 1.54) is 19.2 Å². The molecule has 1 aromatic heterocycles. The van der Waals surface area contributed by atoms with Crippen LogP contribution in [-0.4, -0.2) is 9.97 Å². The van der Waals surface area contributed by atoms with Crippen molar-refractivity contribution in [3.05, 3.63) is 21.6 Å². The summed E-state index contributed by atoms with van der Waals surface area (Å²) in [5, 5.41) is 0.516. The minimum atomic E-state index is 0.516. The first-order chi connectivity index (χ1) is 5.29. The van der Waals surface area contributed by atoms with Crippen molar-refractivity contribution >= 4 is 27.5 Å². The number of halogens is 2. The van der Waals surface area contributed by atoms with Gasteiger partial charge in [0.25, 0.3) is 0 Å².